The summed E-state index contributed by atoms with van der Waals surface area (Å²) in [5.41, 5.74) is 6.35. The Labute approximate surface area is 119 Å². The van der Waals surface area contributed by atoms with Gasteiger partial charge in [0, 0.05) is 19.2 Å². The second-order valence-electron chi connectivity index (χ2n) is 4.75. The van der Waals surface area contributed by atoms with Gasteiger partial charge in [-0.15, -0.1) is 0 Å². The van der Waals surface area contributed by atoms with Crippen molar-refractivity contribution in [3.05, 3.63) is 29.8 Å². The van der Waals surface area contributed by atoms with Crippen molar-refractivity contribution in [2.24, 2.45) is 16.8 Å². The van der Waals surface area contributed by atoms with Crippen LogP contribution in [0, 0.1) is 5.92 Å². The average Bonchev–Trinajstić information content (AvgIpc) is 2.43. The van der Waals surface area contributed by atoms with Gasteiger partial charge in [0.1, 0.15) is 0 Å². The van der Waals surface area contributed by atoms with Crippen molar-refractivity contribution in [2.75, 3.05) is 17.9 Å². The number of oxime groups is 1. The molecule has 112 valence electrons. The number of amidine groups is 1. The van der Waals surface area contributed by atoms with Gasteiger partial charge < -0.3 is 10.9 Å². The molecule has 7 nitrogen and oxygen atoms in total. The molecule has 0 spiro atoms. The maximum absolute atomic E-state index is 12.1. The van der Waals surface area contributed by atoms with E-state index in [0.29, 0.717) is 17.8 Å². The topological polar surface area (TPSA) is 108 Å². The summed E-state index contributed by atoms with van der Waals surface area (Å²) in [6.07, 6.45) is 0. The molecule has 1 rings (SSSR count). The zero-order chi connectivity index (χ0) is 15.3. The highest BCUT2D eigenvalue weighted by Crippen LogP contribution is 2.17. The van der Waals surface area contributed by atoms with Crippen LogP contribution >= 0.6 is 0 Å². The zero-order valence-corrected chi connectivity index (χ0v) is 12.6. The molecule has 1 aromatic rings. The first-order valence-electron chi connectivity index (χ1n) is 6.09. The SMILES string of the molecule is CC(C)CNS(=O)(=O)N(C)c1cccc(/C(N)=N/O)c1. The van der Waals surface area contributed by atoms with Crippen LogP contribution < -0.4 is 14.8 Å². The molecule has 0 heterocycles. The van der Waals surface area contributed by atoms with Crippen molar-refractivity contribution in [1.29, 1.82) is 0 Å². The van der Waals surface area contributed by atoms with Crippen molar-refractivity contribution in [2.45, 2.75) is 13.8 Å². The lowest BCUT2D eigenvalue weighted by Gasteiger charge is -2.21. The molecule has 0 unspecified atom stereocenters. The number of hydrogen-bond acceptors (Lipinski definition) is 4. The lowest BCUT2D eigenvalue weighted by Crippen LogP contribution is -2.40. The number of hydrogen-bond donors (Lipinski definition) is 3. The van der Waals surface area contributed by atoms with E-state index in [1.165, 1.54) is 13.1 Å². The molecule has 0 saturated heterocycles. The molecule has 0 aliphatic heterocycles. The predicted octanol–water partition coefficient (Wildman–Crippen LogP) is 0.708. The largest absolute Gasteiger partial charge is 0.409 e. The highest BCUT2D eigenvalue weighted by Gasteiger charge is 2.18. The summed E-state index contributed by atoms with van der Waals surface area (Å²) in [4.78, 5) is 0. The van der Waals surface area contributed by atoms with E-state index in [2.05, 4.69) is 9.88 Å². The van der Waals surface area contributed by atoms with Gasteiger partial charge in [0.25, 0.3) is 0 Å². The Morgan fingerprint density at radius 2 is 2.15 bits per heavy atom. The molecule has 0 radical (unpaired) electrons. The Morgan fingerprint density at radius 1 is 1.50 bits per heavy atom. The average molecular weight is 300 g/mol. The number of benzene rings is 1. The van der Waals surface area contributed by atoms with E-state index >= 15 is 0 Å². The van der Waals surface area contributed by atoms with Gasteiger partial charge in [-0.05, 0) is 18.1 Å². The fraction of sp³-hybridized carbons (Fsp3) is 0.417. The van der Waals surface area contributed by atoms with Gasteiger partial charge in [-0.1, -0.05) is 31.1 Å². The van der Waals surface area contributed by atoms with Crippen LogP contribution in [-0.4, -0.2) is 33.1 Å². The van der Waals surface area contributed by atoms with E-state index in [9.17, 15) is 8.42 Å². The summed E-state index contributed by atoms with van der Waals surface area (Å²) in [6.45, 7) is 4.19. The third-order valence-electron chi connectivity index (χ3n) is 2.65. The van der Waals surface area contributed by atoms with Crippen LogP contribution in [0.4, 0.5) is 5.69 Å². The second-order valence-corrected chi connectivity index (χ2v) is 6.54. The molecule has 0 bridgehead atoms. The molecular weight excluding hydrogens is 280 g/mol. The summed E-state index contributed by atoms with van der Waals surface area (Å²) in [5, 5.41) is 11.5. The van der Waals surface area contributed by atoms with E-state index in [0.717, 1.165) is 4.31 Å². The van der Waals surface area contributed by atoms with E-state index in [1.54, 1.807) is 18.2 Å². The van der Waals surface area contributed by atoms with Crippen LogP contribution in [0.15, 0.2) is 29.4 Å². The molecule has 4 N–H and O–H groups in total. The molecule has 0 aromatic heterocycles. The Kier molecular flexibility index (Phi) is 5.34. The molecule has 0 fully saturated rings. The van der Waals surface area contributed by atoms with Gasteiger partial charge in [-0.3, -0.25) is 4.31 Å². The van der Waals surface area contributed by atoms with Crippen LogP contribution in [0.3, 0.4) is 0 Å². The van der Waals surface area contributed by atoms with Crippen molar-refractivity contribution < 1.29 is 13.6 Å². The van der Waals surface area contributed by atoms with E-state index in [4.69, 9.17) is 10.9 Å². The van der Waals surface area contributed by atoms with Crippen molar-refractivity contribution in [3.63, 3.8) is 0 Å². The number of rotatable bonds is 6. The van der Waals surface area contributed by atoms with Gasteiger partial charge in [-0.25, -0.2) is 0 Å². The van der Waals surface area contributed by atoms with Crippen LogP contribution in [0.2, 0.25) is 0 Å². The smallest absolute Gasteiger partial charge is 0.301 e. The third-order valence-corrected chi connectivity index (χ3v) is 4.11. The number of nitrogens with zero attached hydrogens (tertiary/aromatic N) is 2. The van der Waals surface area contributed by atoms with Crippen LogP contribution in [0.1, 0.15) is 19.4 Å². The van der Waals surface area contributed by atoms with Crippen LogP contribution in [-0.2, 0) is 10.2 Å². The first-order valence-corrected chi connectivity index (χ1v) is 7.53. The summed E-state index contributed by atoms with van der Waals surface area (Å²) in [5.74, 6) is 0.134. The Hall–Kier alpha value is -1.80. The molecular formula is C12H20N4O3S. The molecule has 0 atom stereocenters. The minimum Gasteiger partial charge on any atom is -0.409 e. The minimum absolute atomic E-state index is 0.0761. The summed E-state index contributed by atoms with van der Waals surface area (Å²) >= 11 is 0. The lowest BCUT2D eigenvalue weighted by molar-refractivity contribution is 0.318. The summed E-state index contributed by atoms with van der Waals surface area (Å²) < 4.78 is 27.8. The van der Waals surface area contributed by atoms with Crippen molar-refractivity contribution in [1.82, 2.24) is 4.72 Å². The highest BCUT2D eigenvalue weighted by atomic mass is 32.2. The maximum atomic E-state index is 12.1. The highest BCUT2D eigenvalue weighted by molar-refractivity contribution is 7.90. The number of nitrogens with two attached hydrogens (primary N) is 1. The molecule has 0 aliphatic carbocycles. The molecule has 1 aromatic carbocycles. The van der Waals surface area contributed by atoms with Gasteiger partial charge in [0.2, 0.25) is 0 Å². The first kappa shape index (κ1) is 16.3. The fourth-order valence-electron chi connectivity index (χ4n) is 1.43. The zero-order valence-electron chi connectivity index (χ0n) is 11.7. The van der Waals surface area contributed by atoms with Crippen molar-refractivity contribution >= 4 is 21.7 Å². The van der Waals surface area contributed by atoms with Gasteiger partial charge in [0.15, 0.2) is 5.84 Å². The van der Waals surface area contributed by atoms with Crippen LogP contribution in [0.25, 0.3) is 0 Å². The molecule has 0 aliphatic rings. The maximum Gasteiger partial charge on any atom is 0.301 e. The Balaban J connectivity index is 3.00. The lowest BCUT2D eigenvalue weighted by atomic mass is 10.2. The number of nitrogens with one attached hydrogen (secondary N) is 1. The standard InChI is InChI=1S/C12H20N4O3S/c1-9(2)8-14-20(18,19)16(3)11-6-4-5-10(7-11)12(13)15-17/h4-7,9,14,17H,8H2,1-3H3,(H2,13,15). The monoisotopic (exact) mass is 300 g/mol. The summed E-state index contributed by atoms with van der Waals surface area (Å²) in [6, 6.07) is 6.42. The van der Waals surface area contributed by atoms with E-state index < -0.39 is 10.2 Å². The second kappa shape index (κ2) is 6.58. The first-order chi connectivity index (χ1) is 9.27. The predicted molar refractivity (Wildman–Crippen MR) is 79.1 cm³/mol. The van der Waals surface area contributed by atoms with Crippen molar-refractivity contribution in [3.8, 4) is 0 Å². The summed E-state index contributed by atoms with van der Waals surface area (Å²) in [7, 11) is -2.18. The molecule has 8 heteroatoms. The van der Waals surface area contributed by atoms with E-state index in [-0.39, 0.29) is 11.8 Å². The Bertz CT molecular complexity index is 584. The number of anilines is 1. The quantitative estimate of drug-likeness (QED) is 0.311. The Morgan fingerprint density at radius 3 is 2.70 bits per heavy atom. The van der Waals surface area contributed by atoms with Crippen LogP contribution in [0.5, 0.6) is 0 Å². The third kappa shape index (κ3) is 4.10. The van der Waals surface area contributed by atoms with Gasteiger partial charge in [-0.2, -0.15) is 13.1 Å². The minimum atomic E-state index is -3.62. The van der Waals surface area contributed by atoms with E-state index in [1.807, 2.05) is 13.8 Å². The molecule has 0 saturated carbocycles. The molecule has 0 amide bonds. The normalized spacial score (nSPS) is 12.7. The van der Waals surface area contributed by atoms with Gasteiger partial charge >= 0.3 is 10.2 Å². The molecule has 20 heavy (non-hydrogen) atoms. The van der Waals surface area contributed by atoms with Gasteiger partial charge in [0.05, 0.1) is 5.69 Å². The fourth-order valence-corrected chi connectivity index (χ4v) is 2.56.